The Bertz CT molecular complexity index is 1390. The third-order valence-electron chi connectivity index (χ3n) is 5.57. The lowest BCUT2D eigenvalue weighted by Gasteiger charge is -2.20. The molecule has 0 radical (unpaired) electrons. The Morgan fingerprint density at radius 2 is 1.85 bits per heavy atom. The van der Waals surface area contributed by atoms with Crippen LogP contribution in [0.2, 0.25) is 5.02 Å². The smallest absolute Gasteiger partial charge is 0.262 e. The average molecular weight is 612 g/mol. The number of carbonyl (C=O) groups excluding carboxylic acids is 2. The first kappa shape index (κ1) is 29.7. The summed E-state index contributed by atoms with van der Waals surface area (Å²) in [6, 6.07) is 18.5. The maximum atomic E-state index is 12.8. The average Bonchev–Trinajstić information content (AvgIpc) is 2.91. The van der Waals surface area contributed by atoms with E-state index >= 15 is 0 Å². The molecule has 0 aliphatic carbocycles. The van der Waals surface area contributed by atoms with E-state index in [0.29, 0.717) is 44.3 Å². The number of halogens is 2. The van der Waals surface area contributed by atoms with E-state index in [-0.39, 0.29) is 18.4 Å². The molecule has 0 saturated carbocycles. The van der Waals surface area contributed by atoms with Crippen LogP contribution in [-0.2, 0) is 11.4 Å². The van der Waals surface area contributed by atoms with Crippen molar-refractivity contribution in [1.82, 2.24) is 10.7 Å². The van der Waals surface area contributed by atoms with Crippen molar-refractivity contribution in [2.24, 2.45) is 11.0 Å². The van der Waals surface area contributed by atoms with Crippen molar-refractivity contribution in [1.29, 1.82) is 5.26 Å². The summed E-state index contributed by atoms with van der Waals surface area (Å²) in [5.41, 5.74) is 4.83. The van der Waals surface area contributed by atoms with Crippen LogP contribution >= 0.6 is 27.5 Å². The van der Waals surface area contributed by atoms with Gasteiger partial charge in [-0.05, 0) is 76.8 Å². The molecule has 8 nitrogen and oxygen atoms in total. The molecule has 0 aromatic heterocycles. The molecule has 0 bridgehead atoms. The molecule has 3 rings (SSSR count). The molecular weight excluding hydrogens is 584 g/mol. The molecule has 3 aromatic rings. The van der Waals surface area contributed by atoms with Crippen LogP contribution in [0.1, 0.15) is 47.8 Å². The van der Waals surface area contributed by atoms with Gasteiger partial charge in [0.2, 0.25) is 0 Å². The van der Waals surface area contributed by atoms with Gasteiger partial charge in [-0.25, -0.2) is 5.43 Å². The predicted octanol–water partition coefficient (Wildman–Crippen LogP) is 5.86. The minimum absolute atomic E-state index is 0.183. The summed E-state index contributed by atoms with van der Waals surface area (Å²) < 4.78 is 12.4. The molecule has 0 aliphatic heterocycles. The van der Waals surface area contributed by atoms with Gasteiger partial charge in [-0.2, -0.15) is 10.4 Å². The van der Waals surface area contributed by atoms with Crippen molar-refractivity contribution >= 4 is 45.6 Å². The van der Waals surface area contributed by atoms with E-state index in [1.165, 1.54) is 6.21 Å². The second-order valence-corrected chi connectivity index (χ2v) is 10.0. The monoisotopic (exact) mass is 610 g/mol. The number of carbonyl (C=O) groups is 2. The van der Waals surface area contributed by atoms with Gasteiger partial charge in [0.05, 0.1) is 28.9 Å². The molecule has 0 fully saturated rings. The van der Waals surface area contributed by atoms with Crippen LogP contribution < -0.4 is 20.2 Å². The number of rotatable bonds is 11. The lowest BCUT2D eigenvalue weighted by molar-refractivity contribution is -0.123. The molecule has 2 amide bonds. The van der Waals surface area contributed by atoms with Gasteiger partial charge in [0.25, 0.3) is 11.8 Å². The van der Waals surface area contributed by atoms with E-state index in [1.54, 1.807) is 48.5 Å². The molecule has 0 heterocycles. The van der Waals surface area contributed by atoms with Gasteiger partial charge >= 0.3 is 0 Å². The Morgan fingerprint density at radius 1 is 1.13 bits per heavy atom. The molecule has 0 spiro atoms. The first-order chi connectivity index (χ1) is 18.7. The number of hydrazone groups is 1. The number of benzene rings is 3. The molecule has 202 valence electrons. The third-order valence-corrected chi connectivity index (χ3v) is 6.41. The maximum absolute atomic E-state index is 12.8. The first-order valence-electron chi connectivity index (χ1n) is 12.2. The van der Waals surface area contributed by atoms with Crippen LogP contribution in [0.5, 0.6) is 11.5 Å². The molecule has 39 heavy (non-hydrogen) atoms. The fourth-order valence-electron chi connectivity index (χ4n) is 3.57. The van der Waals surface area contributed by atoms with Crippen LogP contribution in [0.3, 0.4) is 0 Å². The van der Waals surface area contributed by atoms with Crippen molar-refractivity contribution < 1.29 is 19.1 Å². The minimum atomic E-state index is -0.803. The van der Waals surface area contributed by atoms with Gasteiger partial charge in [-0.15, -0.1) is 0 Å². The molecule has 3 aromatic carbocycles. The zero-order valence-corrected chi connectivity index (χ0v) is 24.0. The summed E-state index contributed by atoms with van der Waals surface area (Å²) in [5, 5.41) is 16.7. The number of ether oxygens (including phenoxy) is 2. The Balaban J connectivity index is 1.70. The molecule has 1 atom stereocenters. The summed E-state index contributed by atoms with van der Waals surface area (Å²) in [6.07, 6.45) is 1.47. The van der Waals surface area contributed by atoms with Gasteiger partial charge in [-0.1, -0.05) is 43.6 Å². The van der Waals surface area contributed by atoms with Crippen molar-refractivity contribution in [2.75, 3.05) is 6.61 Å². The summed E-state index contributed by atoms with van der Waals surface area (Å²) >= 11 is 9.41. The molecule has 0 saturated heterocycles. The Hall–Kier alpha value is -3.87. The highest BCUT2D eigenvalue weighted by molar-refractivity contribution is 9.10. The van der Waals surface area contributed by atoms with E-state index < -0.39 is 11.9 Å². The Morgan fingerprint density at radius 3 is 2.51 bits per heavy atom. The summed E-state index contributed by atoms with van der Waals surface area (Å²) in [7, 11) is 0. The number of hydrogen-bond acceptors (Lipinski definition) is 6. The normalized spacial score (nSPS) is 11.6. The molecular formula is C29H28BrClN4O4. The second kappa shape index (κ2) is 14.3. The number of nitrogens with zero attached hydrogens (tertiary/aromatic N) is 2. The van der Waals surface area contributed by atoms with E-state index in [9.17, 15) is 14.9 Å². The number of hydrogen-bond donors (Lipinski definition) is 2. The van der Waals surface area contributed by atoms with E-state index in [2.05, 4.69) is 37.8 Å². The fraction of sp³-hybridized carbons (Fsp3) is 0.241. The molecule has 0 aliphatic rings. The quantitative estimate of drug-likeness (QED) is 0.208. The van der Waals surface area contributed by atoms with E-state index in [4.69, 9.17) is 21.1 Å². The summed E-state index contributed by atoms with van der Waals surface area (Å²) in [6.45, 7) is 6.10. The van der Waals surface area contributed by atoms with Crippen LogP contribution in [0.4, 0.5) is 0 Å². The zero-order chi connectivity index (χ0) is 28.4. The van der Waals surface area contributed by atoms with Crippen LogP contribution in [0.25, 0.3) is 0 Å². The second-order valence-electron chi connectivity index (χ2n) is 8.76. The maximum Gasteiger partial charge on any atom is 0.262 e. The topological polar surface area (TPSA) is 113 Å². The van der Waals surface area contributed by atoms with Crippen LogP contribution in [0.15, 0.2) is 70.2 Å². The van der Waals surface area contributed by atoms with E-state index in [0.717, 1.165) is 5.56 Å². The lowest BCUT2D eigenvalue weighted by atomic mass is 10.0. The Labute approximate surface area is 241 Å². The number of nitrogens with one attached hydrogen (secondary N) is 2. The van der Waals surface area contributed by atoms with Gasteiger partial charge in [-0.3, -0.25) is 9.59 Å². The van der Waals surface area contributed by atoms with E-state index in [1.807, 2.05) is 32.9 Å². The fourth-order valence-corrected chi connectivity index (χ4v) is 4.27. The standard InChI is InChI=1S/C29H28BrClN4O4/c1-4-38-25-14-19(13-24(30)27(25)39-17-22-8-6-5-7-21(22)15-32)16-33-35-29(37)26(18(2)3)34-28(36)20-9-11-23(31)12-10-20/h5-14,16,18,26H,4,17H2,1-3H3,(H,34,36)(H,35,37). The lowest BCUT2D eigenvalue weighted by Crippen LogP contribution is -2.48. The van der Waals surface area contributed by atoms with Gasteiger partial charge in [0.1, 0.15) is 12.6 Å². The number of amides is 2. The number of nitriles is 1. The minimum Gasteiger partial charge on any atom is -0.490 e. The van der Waals surface area contributed by atoms with Crippen molar-refractivity contribution in [2.45, 2.75) is 33.4 Å². The van der Waals surface area contributed by atoms with Gasteiger partial charge < -0.3 is 14.8 Å². The van der Waals surface area contributed by atoms with Crippen LogP contribution in [-0.4, -0.2) is 30.7 Å². The van der Waals surface area contributed by atoms with Gasteiger partial charge in [0, 0.05) is 16.1 Å². The van der Waals surface area contributed by atoms with Crippen molar-refractivity contribution in [3.05, 3.63) is 92.4 Å². The van der Waals surface area contributed by atoms with Crippen molar-refractivity contribution in [3.63, 3.8) is 0 Å². The van der Waals surface area contributed by atoms with Crippen LogP contribution in [0, 0.1) is 17.2 Å². The highest BCUT2D eigenvalue weighted by Gasteiger charge is 2.24. The van der Waals surface area contributed by atoms with Gasteiger partial charge in [0.15, 0.2) is 11.5 Å². The Kier molecular flexibility index (Phi) is 10.9. The zero-order valence-electron chi connectivity index (χ0n) is 21.7. The highest BCUT2D eigenvalue weighted by atomic mass is 79.9. The predicted molar refractivity (Wildman–Crippen MR) is 154 cm³/mol. The summed E-state index contributed by atoms with van der Waals surface area (Å²) in [4.78, 5) is 25.4. The molecule has 1 unspecified atom stereocenters. The SMILES string of the molecule is CCOc1cc(C=NNC(=O)C(NC(=O)c2ccc(Cl)cc2)C(C)C)cc(Br)c1OCc1ccccc1C#N. The largest absolute Gasteiger partial charge is 0.490 e. The molecule has 2 N–H and O–H groups in total. The summed E-state index contributed by atoms with van der Waals surface area (Å²) in [5.74, 6) is -0.0655. The first-order valence-corrected chi connectivity index (χ1v) is 13.4. The molecule has 10 heteroatoms. The van der Waals surface area contributed by atoms with Crippen molar-refractivity contribution in [3.8, 4) is 17.6 Å². The highest BCUT2D eigenvalue weighted by Crippen LogP contribution is 2.37. The third kappa shape index (κ3) is 8.31.